The van der Waals surface area contributed by atoms with E-state index in [4.69, 9.17) is 14.1 Å². The summed E-state index contributed by atoms with van der Waals surface area (Å²) in [5.41, 5.74) is 4.08. The molecule has 24 heavy (non-hydrogen) atoms. The highest BCUT2D eigenvalue weighted by Gasteiger charge is 2.18. The number of benzene rings is 2. The Morgan fingerprint density at radius 1 is 1.00 bits per heavy atom. The Morgan fingerprint density at radius 3 is 2.42 bits per heavy atom. The number of fused-ring (bicyclic) bond motifs is 1. The second-order valence-corrected chi connectivity index (χ2v) is 5.78. The summed E-state index contributed by atoms with van der Waals surface area (Å²) in [6, 6.07) is 18.2. The van der Waals surface area contributed by atoms with Gasteiger partial charge in [0.15, 0.2) is 0 Å². The molecule has 0 amide bonds. The van der Waals surface area contributed by atoms with E-state index < -0.39 is 0 Å². The van der Waals surface area contributed by atoms with Crippen LogP contribution < -0.4 is 4.74 Å². The molecule has 2 heterocycles. The van der Waals surface area contributed by atoms with Crippen LogP contribution in [0.4, 0.5) is 0 Å². The van der Waals surface area contributed by atoms with Crippen LogP contribution >= 0.6 is 0 Å². The maximum absolute atomic E-state index is 5.72. The van der Waals surface area contributed by atoms with Crippen LogP contribution in [0.3, 0.4) is 0 Å². The van der Waals surface area contributed by atoms with Gasteiger partial charge in [0.1, 0.15) is 23.1 Å². The fraction of sp³-hybridized carbons (Fsp3) is 0.150. The molecule has 2 aromatic heterocycles. The van der Waals surface area contributed by atoms with Crippen molar-refractivity contribution in [1.82, 2.24) is 9.55 Å². The van der Waals surface area contributed by atoms with E-state index in [0.29, 0.717) is 0 Å². The number of aromatic nitrogens is 2. The van der Waals surface area contributed by atoms with Crippen LogP contribution in [0, 0.1) is 13.8 Å². The predicted octanol–water partition coefficient (Wildman–Crippen LogP) is 4.91. The summed E-state index contributed by atoms with van der Waals surface area (Å²) >= 11 is 0. The Morgan fingerprint density at radius 2 is 1.75 bits per heavy atom. The lowest BCUT2D eigenvalue weighted by molar-refractivity contribution is 0.415. The molecular weight excluding hydrogens is 300 g/mol. The van der Waals surface area contributed by atoms with Gasteiger partial charge in [-0.3, -0.25) is 4.57 Å². The summed E-state index contributed by atoms with van der Waals surface area (Å²) in [5.74, 6) is 3.48. The number of hydrogen-bond acceptors (Lipinski definition) is 3. The largest absolute Gasteiger partial charge is 0.497 e. The van der Waals surface area contributed by atoms with Crippen molar-refractivity contribution in [3.63, 3.8) is 0 Å². The number of ether oxygens (including phenoxy) is 1. The first-order valence-corrected chi connectivity index (χ1v) is 7.86. The number of aryl methyl sites for hydroxylation is 2. The minimum absolute atomic E-state index is 0.833. The Bertz CT molecular complexity index is 1010. The number of furan rings is 1. The summed E-state index contributed by atoms with van der Waals surface area (Å²) in [6.07, 6.45) is 0. The number of hydrogen-bond donors (Lipinski definition) is 0. The molecule has 0 unspecified atom stereocenters. The number of imidazole rings is 1. The van der Waals surface area contributed by atoms with Gasteiger partial charge in [0, 0.05) is 5.69 Å². The molecule has 0 saturated heterocycles. The fourth-order valence-corrected chi connectivity index (χ4v) is 3.05. The molecule has 0 spiro atoms. The monoisotopic (exact) mass is 318 g/mol. The van der Waals surface area contributed by atoms with Gasteiger partial charge in [0.25, 0.3) is 0 Å². The summed E-state index contributed by atoms with van der Waals surface area (Å²) in [7, 11) is 1.67. The molecule has 4 heteroatoms. The third-order valence-corrected chi connectivity index (χ3v) is 4.17. The first-order valence-electron chi connectivity index (χ1n) is 7.86. The molecule has 120 valence electrons. The van der Waals surface area contributed by atoms with E-state index in [1.54, 1.807) is 7.11 Å². The summed E-state index contributed by atoms with van der Waals surface area (Å²) in [6.45, 7) is 3.93. The van der Waals surface area contributed by atoms with E-state index in [2.05, 4.69) is 10.6 Å². The van der Waals surface area contributed by atoms with Gasteiger partial charge < -0.3 is 9.15 Å². The van der Waals surface area contributed by atoms with Gasteiger partial charge in [-0.15, -0.1) is 0 Å². The highest BCUT2D eigenvalue weighted by Crippen LogP contribution is 2.32. The number of para-hydroxylation sites is 2. The Hall–Kier alpha value is -3.01. The van der Waals surface area contributed by atoms with Crippen molar-refractivity contribution < 1.29 is 9.15 Å². The molecular formula is C20H18N2O2. The molecule has 0 bridgehead atoms. The van der Waals surface area contributed by atoms with Crippen LogP contribution in [-0.2, 0) is 0 Å². The Kier molecular flexibility index (Phi) is 3.38. The fourth-order valence-electron chi connectivity index (χ4n) is 3.05. The Balaban J connectivity index is 2.01. The molecule has 0 atom stereocenters. The smallest absolute Gasteiger partial charge is 0.149 e. The minimum atomic E-state index is 0.833. The maximum atomic E-state index is 5.72. The van der Waals surface area contributed by atoms with Gasteiger partial charge in [-0.25, -0.2) is 4.98 Å². The summed E-state index contributed by atoms with van der Waals surface area (Å²) < 4.78 is 13.1. The standard InChI is InChI=1S/C20H18N2O2/c1-13-12-17(14(2)24-13)20-21-18-6-4-5-7-19(18)22(20)15-8-10-16(23-3)11-9-15/h4-12H,1-3H3. The molecule has 2 aromatic carbocycles. The van der Waals surface area contributed by atoms with Crippen LogP contribution in [-0.4, -0.2) is 16.7 Å². The maximum Gasteiger partial charge on any atom is 0.149 e. The molecule has 0 aliphatic heterocycles. The van der Waals surface area contributed by atoms with Crippen molar-refractivity contribution in [2.24, 2.45) is 0 Å². The highest BCUT2D eigenvalue weighted by molar-refractivity contribution is 5.83. The first-order chi connectivity index (χ1) is 11.7. The van der Waals surface area contributed by atoms with Gasteiger partial charge in [0.2, 0.25) is 0 Å². The van der Waals surface area contributed by atoms with Crippen LogP contribution in [0.25, 0.3) is 28.1 Å². The highest BCUT2D eigenvalue weighted by atomic mass is 16.5. The van der Waals surface area contributed by atoms with Crippen molar-refractivity contribution in [2.45, 2.75) is 13.8 Å². The van der Waals surface area contributed by atoms with E-state index in [-0.39, 0.29) is 0 Å². The summed E-state index contributed by atoms with van der Waals surface area (Å²) in [4.78, 5) is 4.85. The lowest BCUT2D eigenvalue weighted by Crippen LogP contribution is -1.97. The van der Waals surface area contributed by atoms with Gasteiger partial charge in [-0.1, -0.05) is 12.1 Å². The van der Waals surface area contributed by atoms with Crippen molar-refractivity contribution in [1.29, 1.82) is 0 Å². The first kappa shape index (κ1) is 14.6. The van der Waals surface area contributed by atoms with E-state index in [0.717, 1.165) is 45.4 Å². The minimum Gasteiger partial charge on any atom is -0.497 e. The van der Waals surface area contributed by atoms with Crippen molar-refractivity contribution in [3.8, 4) is 22.8 Å². The van der Waals surface area contributed by atoms with Crippen molar-refractivity contribution >= 4 is 11.0 Å². The van der Waals surface area contributed by atoms with Crippen LogP contribution in [0.1, 0.15) is 11.5 Å². The zero-order chi connectivity index (χ0) is 16.7. The number of nitrogens with zero attached hydrogens (tertiary/aromatic N) is 2. The molecule has 0 saturated carbocycles. The van der Waals surface area contributed by atoms with E-state index in [1.165, 1.54) is 0 Å². The molecule has 4 rings (SSSR count). The molecule has 0 fully saturated rings. The number of rotatable bonds is 3. The van der Waals surface area contributed by atoms with Crippen LogP contribution in [0.5, 0.6) is 5.75 Å². The average Bonchev–Trinajstić information content (AvgIpc) is 3.14. The lowest BCUT2D eigenvalue weighted by atomic mass is 10.2. The SMILES string of the molecule is COc1ccc(-n2c(-c3cc(C)oc3C)nc3ccccc32)cc1. The zero-order valence-electron chi connectivity index (χ0n) is 13.9. The topological polar surface area (TPSA) is 40.2 Å². The van der Waals surface area contributed by atoms with Gasteiger partial charge in [-0.2, -0.15) is 0 Å². The third-order valence-electron chi connectivity index (χ3n) is 4.17. The molecule has 0 aliphatic carbocycles. The van der Waals surface area contributed by atoms with E-state index >= 15 is 0 Å². The molecule has 4 nitrogen and oxygen atoms in total. The van der Waals surface area contributed by atoms with Gasteiger partial charge >= 0.3 is 0 Å². The lowest BCUT2D eigenvalue weighted by Gasteiger charge is -2.10. The van der Waals surface area contributed by atoms with Crippen molar-refractivity contribution in [2.75, 3.05) is 7.11 Å². The van der Waals surface area contributed by atoms with Crippen molar-refractivity contribution in [3.05, 3.63) is 66.1 Å². The van der Waals surface area contributed by atoms with Gasteiger partial charge in [-0.05, 0) is 56.3 Å². The molecule has 4 aromatic rings. The summed E-state index contributed by atoms with van der Waals surface area (Å²) in [5, 5.41) is 0. The second-order valence-electron chi connectivity index (χ2n) is 5.78. The average molecular weight is 318 g/mol. The second kappa shape index (κ2) is 5.57. The van der Waals surface area contributed by atoms with E-state index in [1.807, 2.05) is 62.4 Å². The normalized spacial score (nSPS) is 11.1. The molecule has 0 N–H and O–H groups in total. The van der Waals surface area contributed by atoms with Gasteiger partial charge in [0.05, 0.1) is 23.7 Å². The van der Waals surface area contributed by atoms with Crippen LogP contribution in [0.15, 0.2) is 59.0 Å². The predicted molar refractivity (Wildman–Crippen MR) is 94.8 cm³/mol. The quantitative estimate of drug-likeness (QED) is 0.539. The Labute approximate surface area is 140 Å². The third kappa shape index (κ3) is 2.27. The molecule has 0 aliphatic rings. The molecule has 0 radical (unpaired) electrons. The number of methoxy groups -OCH3 is 1. The zero-order valence-corrected chi connectivity index (χ0v) is 13.9. The van der Waals surface area contributed by atoms with E-state index in [9.17, 15) is 0 Å². The van der Waals surface area contributed by atoms with Crippen LogP contribution in [0.2, 0.25) is 0 Å².